The van der Waals surface area contributed by atoms with E-state index in [4.69, 9.17) is 4.74 Å². The number of likely N-dealkylation sites (N-methyl/N-ethyl adjacent to an activating group) is 1. The Kier molecular flexibility index (Phi) is 13.7. The molecule has 2 N–H and O–H groups in total. The van der Waals surface area contributed by atoms with Crippen molar-refractivity contribution in [2.24, 2.45) is 4.99 Å². The summed E-state index contributed by atoms with van der Waals surface area (Å²) >= 11 is 0. The minimum atomic E-state index is 0. The van der Waals surface area contributed by atoms with Gasteiger partial charge in [0, 0.05) is 26.2 Å². The Morgan fingerprint density at radius 1 is 1.17 bits per heavy atom. The summed E-state index contributed by atoms with van der Waals surface area (Å²) in [5.74, 6) is 1.77. The number of guanidine groups is 1. The van der Waals surface area contributed by atoms with E-state index in [0.29, 0.717) is 12.6 Å². The zero-order valence-electron chi connectivity index (χ0n) is 15.4. The Hall–Kier alpha value is -1.02. The molecular formula is C18H33IN4O. The highest BCUT2D eigenvalue weighted by molar-refractivity contribution is 14.0. The number of nitrogens with one attached hydrogen (secondary N) is 2. The maximum atomic E-state index is 5.67. The highest BCUT2D eigenvalue weighted by Crippen LogP contribution is 2.07. The molecule has 0 spiro atoms. The summed E-state index contributed by atoms with van der Waals surface area (Å²) in [7, 11) is 1.80. The molecule has 0 bridgehead atoms. The van der Waals surface area contributed by atoms with Crippen molar-refractivity contribution in [3.8, 4) is 5.75 Å². The first-order chi connectivity index (χ1) is 11.2. The molecule has 0 aromatic heterocycles. The molecule has 0 heterocycles. The summed E-state index contributed by atoms with van der Waals surface area (Å²) in [6.07, 6.45) is 0.932. The minimum Gasteiger partial charge on any atom is -0.494 e. The fraction of sp³-hybridized carbons (Fsp3) is 0.611. The fourth-order valence-corrected chi connectivity index (χ4v) is 2.43. The van der Waals surface area contributed by atoms with Gasteiger partial charge in [-0.3, -0.25) is 9.89 Å². The van der Waals surface area contributed by atoms with Gasteiger partial charge >= 0.3 is 0 Å². The molecule has 0 aliphatic rings. The van der Waals surface area contributed by atoms with Gasteiger partial charge in [-0.05, 0) is 38.6 Å². The van der Waals surface area contributed by atoms with Crippen molar-refractivity contribution >= 4 is 29.9 Å². The first-order valence-electron chi connectivity index (χ1n) is 8.57. The van der Waals surface area contributed by atoms with Crippen molar-refractivity contribution in [2.45, 2.75) is 33.2 Å². The lowest BCUT2D eigenvalue weighted by atomic mass is 10.3. The Bertz CT molecular complexity index is 438. The molecule has 0 aliphatic heterocycles. The van der Waals surface area contributed by atoms with Crippen molar-refractivity contribution < 1.29 is 4.74 Å². The Balaban J connectivity index is 0.00000529. The molecular weight excluding hydrogens is 415 g/mol. The molecule has 0 radical (unpaired) electrons. The number of ether oxygens (including phenoxy) is 1. The number of hydrogen-bond donors (Lipinski definition) is 2. The van der Waals surface area contributed by atoms with Crippen LogP contribution in [0.3, 0.4) is 0 Å². The van der Waals surface area contributed by atoms with Crippen LogP contribution in [0.15, 0.2) is 35.3 Å². The molecule has 24 heavy (non-hydrogen) atoms. The van der Waals surface area contributed by atoms with Gasteiger partial charge in [0.2, 0.25) is 0 Å². The lowest BCUT2D eigenvalue weighted by Gasteiger charge is -2.27. The normalized spacial score (nSPS) is 12.5. The van der Waals surface area contributed by atoms with Crippen LogP contribution in [0.5, 0.6) is 5.75 Å². The minimum absolute atomic E-state index is 0. The van der Waals surface area contributed by atoms with Gasteiger partial charge in [-0.1, -0.05) is 32.0 Å². The van der Waals surface area contributed by atoms with Crippen molar-refractivity contribution in [2.75, 3.05) is 39.8 Å². The van der Waals surface area contributed by atoms with Crippen molar-refractivity contribution in [1.82, 2.24) is 15.5 Å². The summed E-state index contributed by atoms with van der Waals surface area (Å²) in [6.45, 7) is 11.2. The third-order valence-electron chi connectivity index (χ3n) is 3.85. The largest absolute Gasteiger partial charge is 0.494 e. The molecule has 1 unspecified atom stereocenters. The van der Waals surface area contributed by atoms with Crippen LogP contribution >= 0.6 is 24.0 Å². The second kappa shape index (κ2) is 14.3. The van der Waals surface area contributed by atoms with Crippen LogP contribution in [0, 0.1) is 0 Å². The Morgan fingerprint density at radius 3 is 2.42 bits per heavy atom. The maximum absolute atomic E-state index is 5.67. The molecule has 1 atom stereocenters. The number of aliphatic imine (C=N–C) groups is 1. The van der Waals surface area contributed by atoms with E-state index >= 15 is 0 Å². The van der Waals surface area contributed by atoms with Crippen LogP contribution in [-0.2, 0) is 0 Å². The molecule has 0 amide bonds. The average Bonchev–Trinajstić information content (AvgIpc) is 2.59. The number of nitrogens with zero attached hydrogens (tertiary/aromatic N) is 2. The molecule has 1 aromatic carbocycles. The molecule has 0 fully saturated rings. The lowest BCUT2D eigenvalue weighted by Crippen LogP contribution is -2.46. The third-order valence-corrected chi connectivity index (χ3v) is 3.85. The van der Waals surface area contributed by atoms with Crippen LogP contribution in [-0.4, -0.2) is 56.7 Å². The zero-order valence-corrected chi connectivity index (χ0v) is 17.7. The van der Waals surface area contributed by atoms with E-state index in [0.717, 1.165) is 44.3 Å². The SMILES string of the molecule is CCN(CC)C(C)CNC(=NC)NCCCOc1ccccc1.I. The lowest BCUT2D eigenvalue weighted by molar-refractivity contribution is 0.231. The van der Waals surface area contributed by atoms with Gasteiger partial charge in [-0.2, -0.15) is 0 Å². The Labute approximate surface area is 164 Å². The summed E-state index contributed by atoms with van der Waals surface area (Å²) in [4.78, 5) is 6.69. The molecule has 0 saturated carbocycles. The third kappa shape index (κ3) is 9.32. The predicted octanol–water partition coefficient (Wildman–Crippen LogP) is 2.97. The molecule has 1 rings (SSSR count). The first-order valence-corrected chi connectivity index (χ1v) is 8.57. The number of benzene rings is 1. The zero-order chi connectivity index (χ0) is 16.9. The van der Waals surface area contributed by atoms with Gasteiger partial charge in [0.25, 0.3) is 0 Å². The van der Waals surface area contributed by atoms with Gasteiger partial charge in [0.05, 0.1) is 6.61 Å². The topological polar surface area (TPSA) is 48.9 Å². The number of hydrogen-bond acceptors (Lipinski definition) is 3. The van der Waals surface area contributed by atoms with Crippen molar-refractivity contribution in [1.29, 1.82) is 0 Å². The maximum Gasteiger partial charge on any atom is 0.191 e. The van der Waals surface area contributed by atoms with E-state index < -0.39 is 0 Å². The van der Waals surface area contributed by atoms with Gasteiger partial charge in [-0.25, -0.2) is 0 Å². The van der Waals surface area contributed by atoms with Gasteiger partial charge in [0.1, 0.15) is 5.75 Å². The molecule has 0 saturated heterocycles. The molecule has 0 aliphatic carbocycles. The Morgan fingerprint density at radius 2 is 1.83 bits per heavy atom. The van der Waals surface area contributed by atoms with E-state index in [-0.39, 0.29) is 24.0 Å². The van der Waals surface area contributed by atoms with Crippen LogP contribution in [0.25, 0.3) is 0 Å². The predicted molar refractivity (Wildman–Crippen MR) is 114 cm³/mol. The number of halogens is 1. The quantitative estimate of drug-likeness (QED) is 0.250. The first kappa shape index (κ1) is 23.0. The smallest absolute Gasteiger partial charge is 0.191 e. The highest BCUT2D eigenvalue weighted by Gasteiger charge is 2.10. The van der Waals surface area contributed by atoms with E-state index in [9.17, 15) is 0 Å². The number of para-hydroxylation sites is 1. The van der Waals surface area contributed by atoms with Gasteiger partial charge < -0.3 is 15.4 Å². The number of rotatable bonds is 10. The molecule has 138 valence electrons. The molecule has 5 nitrogen and oxygen atoms in total. The average molecular weight is 448 g/mol. The van der Waals surface area contributed by atoms with E-state index in [2.05, 4.69) is 41.3 Å². The van der Waals surface area contributed by atoms with Gasteiger partial charge in [0.15, 0.2) is 5.96 Å². The van der Waals surface area contributed by atoms with Crippen LogP contribution in [0.4, 0.5) is 0 Å². The van der Waals surface area contributed by atoms with Crippen LogP contribution in [0.1, 0.15) is 27.2 Å². The van der Waals surface area contributed by atoms with Crippen molar-refractivity contribution in [3.05, 3.63) is 30.3 Å². The summed E-state index contributed by atoms with van der Waals surface area (Å²) < 4.78 is 5.67. The standard InChI is InChI=1S/C18H32N4O.HI/c1-5-22(6-2)16(3)15-21-18(19-4)20-13-10-14-23-17-11-8-7-9-12-17;/h7-9,11-12,16H,5-6,10,13-15H2,1-4H3,(H2,19,20,21);1H. The van der Waals surface area contributed by atoms with Crippen molar-refractivity contribution in [3.63, 3.8) is 0 Å². The van der Waals surface area contributed by atoms with E-state index in [1.807, 2.05) is 30.3 Å². The van der Waals surface area contributed by atoms with Crippen LogP contribution < -0.4 is 15.4 Å². The van der Waals surface area contributed by atoms with E-state index in [1.165, 1.54) is 0 Å². The van der Waals surface area contributed by atoms with Gasteiger partial charge in [-0.15, -0.1) is 24.0 Å². The summed E-state index contributed by atoms with van der Waals surface area (Å²) in [6, 6.07) is 10.4. The monoisotopic (exact) mass is 448 g/mol. The molecule has 6 heteroatoms. The van der Waals surface area contributed by atoms with E-state index in [1.54, 1.807) is 7.05 Å². The summed E-state index contributed by atoms with van der Waals surface area (Å²) in [5, 5.41) is 6.71. The molecule has 1 aromatic rings. The highest BCUT2D eigenvalue weighted by atomic mass is 127. The second-order valence-electron chi connectivity index (χ2n) is 5.47. The second-order valence-corrected chi connectivity index (χ2v) is 5.47. The summed E-state index contributed by atoms with van der Waals surface area (Å²) in [5.41, 5.74) is 0. The fourth-order valence-electron chi connectivity index (χ4n) is 2.43. The van der Waals surface area contributed by atoms with Crippen LogP contribution in [0.2, 0.25) is 0 Å².